The molecule has 0 N–H and O–H groups in total. The first-order valence-corrected chi connectivity index (χ1v) is 5.50. The molecule has 1 fully saturated rings. The van der Waals surface area contributed by atoms with E-state index in [1.54, 1.807) is 0 Å². The molecule has 0 atom stereocenters. The predicted octanol–water partition coefficient (Wildman–Crippen LogP) is 1.17. The van der Waals surface area contributed by atoms with Gasteiger partial charge in [0.25, 0.3) is 0 Å². The van der Waals surface area contributed by atoms with Crippen LogP contribution in [0.3, 0.4) is 0 Å². The highest BCUT2D eigenvalue weighted by Crippen LogP contribution is 2.24. The summed E-state index contributed by atoms with van der Waals surface area (Å²) in [5.74, 6) is 0. The fraction of sp³-hybridized carbons (Fsp3) is 1.00. The second-order valence-corrected chi connectivity index (χ2v) is 4.39. The van der Waals surface area contributed by atoms with Gasteiger partial charge in [-0.15, -0.1) is 0 Å². The topological polar surface area (TPSA) is 52.6 Å². The molecule has 0 amide bonds. The van der Waals surface area contributed by atoms with Gasteiger partial charge in [-0.1, -0.05) is 0 Å². The van der Waals surface area contributed by atoms with E-state index in [1.807, 2.05) is 0 Å². The Morgan fingerprint density at radius 3 is 2.23 bits per heavy atom. The van der Waals surface area contributed by atoms with Crippen LogP contribution in [0.5, 0.6) is 0 Å². The maximum absolute atomic E-state index is 12.6. The normalized spacial score (nSPS) is 30.3. The van der Waals surface area contributed by atoms with Crippen molar-refractivity contribution in [2.24, 2.45) is 0 Å². The number of halogens is 1. The summed E-state index contributed by atoms with van der Waals surface area (Å²) in [5, 5.41) is 0. The van der Waals surface area contributed by atoms with Gasteiger partial charge in [0.1, 0.15) is 6.17 Å². The van der Waals surface area contributed by atoms with Crippen LogP contribution in [0.2, 0.25) is 0 Å². The SMILES string of the molecule is COS(=O)(=O)OC1CCC(F)CC1. The molecule has 0 aromatic rings. The lowest BCUT2D eigenvalue weighted by atomic mass is 9.96. The Bertz CT molecular complexity index is 243. The molecule has 0 saturated heterocycles. The third-order valence-electron chi connectivity index (χ3n) is 2.06. The monoisotopic (exact) mass is 212 g/mol. The van der Waals surface area contributed by atoms with Gasteiger partial charge >= 0.3 is 10.4 Å². The van der Waals surface area contributed by atoms with Gasteiger partial charge in [-0.2, -0.15) is 8.42 Å². The Balaban J connectivity index is 2.39. The summed E-state index contributed by atoms with van der Waals surface area (Å²) in [4.78, 5) is 0. The van der Waals surface area contributed by atoms with E-state index >= 15 is 0 Å². The van der Waals surface area contributed by atoms with Crippen molar-refractivity contribution in [3.05, 3.63) is 0 Å². The highest BCUT2D eigenvalue weighted by Gasteiger charge is 2.25. The second-order valence-electron chi connectivity index (χ2n) is 3.05. The van der Waals surface area contributed by atoms with E-state index in [9.17, 15) is 12.8 Å². The minimum absolute atomic E-state index is 0.365. The number of hydrogen-bond acceptors (Lipinski definition) is 4. The number of rotatable bonds is 3. The Labute approximate surface area is 77.4 Å². The summed E-state index contributed by atoms with van der Waals surface area (Å²) in [5.41, 5.74) is 0. The van der Waals surface area contributed by atoms with Crippen molar-refractivity contribution in [3.63, 3.8) is 0 Å². The van der Waals surface area contributed by atoms with E-state index in [0.717, 1.165) is 7.11 Å². The Morgan fingerprint density at radius 1 is 1.23 bits per heavy atom. The van der Waals surface area contributed by atoms with E-state index in [2.05, 4.69) is 8.37 Å². The van der Waals surface area contributed by atoms with Crippen LogP contribution in [0.4, 0.5) is 4.39 Å². The van der Waals surface area contributed by atoms with Crippen LogP contribution in [0.15, 0.2) is 0 Å². The van der Waals surface area contributed by atoms with Crippen LogP contribution in [0, 0.1) is 0 Å². The van der Waals surface area contributed by atoms with Crippen LogP contribution in [0.25, 0.3) is 0 Å². The average molecular weight is 212 g/mol. The van der Waals surface area contributed by atoms with Crippen molar-refractivity contribution in [3.8, 4) is 0 Å². The van der Waals surface area contributed by atoms with Crippen molar-refractivity contribution in [1.82, 2.24) is 0 Å². The molecule has 1 rings (SSSR count). The van der Waals surface area contributed by atoms with Crippen LogP contribution in [-0.4, -0.2) is 27.8 Å². The van der Waals surface area contributed by atoms with Gasteiger partial charge in [-0.25, -0.2) is 8.57 Å². The maximum Gasteiger partial charge on any atom is 0.399 e. The third-order valence-corrected chi connectivity index (χ3v) is 2.98. The van der Waals surface area contributed by atoms with E-state index in [4.69, 9.17) is 0 Å². The molecule has 0 aromatic carbocycles. The molecule has 1 aliphatic rings. The second kappa shape index (κ2) is 4.34. The minimum atomic E-state index is -3.86. The molecule has 1 saturated carbocycles. The zero-order valence-corrected chi connectivity index (χ0v) is 8.22. The van der Waals surface area contributed by atoms with E-state index < -0.39 is 22.7 Å². The van der Waals surface area contributed by atoms with Crippen molar-refractivity contribution < 1.29 is 21.2 Å². The minimum Gasteiger partial charge on any atom is -0.252 e. The molecule has 0 radical (unpaired) electrons. The molecule has 0 unspecified atom stereocenters. The van der Waals surface area contributed by atoms with Gasteiger partial charge in [-0.3, -0.25) is 4.18 Å². The fourth-order valence-corrected chi connectivity index (χ4v) is 1.93. The number of hydrogen-bond donors (Lipinski definition) is 0. The first kappa shape index (κ1) is 10.9. The fourth-order valence-electron chi connectivity index (χ4n) is 1.32. The summed E-state index contributed by atoms with van der Waals surface area (Å²) in [6, 6.07) is 0. The van der Waals surface area contributed by atoms with Crippen molar-refractivity contribution in [2.75, 3.05) is 7.11 Å². The summed E-state index contributed by atoms with van der Waals surface area (Å²) in [6.07, 6.45) is 0.364. The molecule has 0 aliphatic heterocycles. The van der Waals surface area contributed by atoms with Crippen molar-refractivity contribution in [1.29, 1.82) is 0 Å². The van der Waals surface area contributed by atoms with Gasteiger partial charge in [0.2, 0.25) is 0 Å². The van der Waals surface area contributed by atoms with Crippen molar-refractivity contribution in [2.45, 2.75) is 38.0 Å². The molecular formula is C7H13FO4S. The zero-order chi connectivity index (χ0) is 9.90. The molecule has 6 heteroatoms. The lowest BCUT2D eigenvalue weighted by Crippen LogP contribution is -2.25. The largest absolute Gasteiger partial charge is 0.399 e. The number of alkyl halides is 1. The third kappa shape index (κ3) is 3.58. The van der Waals surface area contributed by atoms with Crippen LogP contribution < -0.4 is 0 Å². The summed E-state index contributed by atoms with van der Waals surface area (Å²) in [6.45, 7) is 0. The summed E-state index contributed by atoms with van der Waals surface area (Å²) >= 11 is 0. The summed E-state index contributed by atoms with van der Waals surface area (Å²) < 4.78 is 43.0. The molecule has 1 aliphatic carbocycles. The van der Waals surface area contributed by atoms with Gasteiger partial charge in [0, 0.05) is 0 Å². The Hall–Kier alpha value is -0.200. The summed E-state index contributed by atoms with van der Waals surface area (Å²) in [7, 11) is -2.82. The van der Waals surface area contributed by atoms with E-state index in [-0.39, 0.29) is 0 Å². The zero-order valence-electron chi connectivity index (χ0n) is 7.40. The molecular weight excluding hydrogens is 199 g/mol. The van der Waals surface area contributed by atoms with Gasteiger partial charge in [0.05, 0.1) is 13.2 Å². The lowest BCUT2D eigenvalue weighted by molar-refractivity contribution is 0.102. The van der Waals surface area contributed by atoms with Crippen LogP contribution in [0.1, 0.15) is 25.7 Å². The molecule has 4 nitrogen and oxygen atoms in total. The van der Waals surface area contributed by atoms with E-state index in [0.29, 0.717) is 25.7 Å². The molecule has 0 aromatic heterocycles. The van der Waals surface area contributed by atoms with Crippen LogP contribution in [-0.2, 0) is 18.8 Å². The first-order valence-electron chi connectivity index (χ1n) is 4.16. The lowest BCUT2D eigenvalue weighted by Gasteiger charge is -2.22. The quantitative estimate of drug-likeness (QED) is 0.704. The van der Waals surface area contributed by atoms with Gasteiger partial charge < -0.3 is 0 Å². The van der Waals surface area contributed by atoms with Crippen LogP contribution >= 0.6 is 0 Å². The molecule has 78 valence electrons. The maximum atomic E-state index is 12.6. The van der Waals surface area contributed by atoms with Gasteiger partial charge in [0.15, 0.2) is 0 Å². The first-order chi connectivity index (χ1) is 6.03. The standard InChI is InChI=1S/C7H13FO4S/c1-11-13(9,10)12-7-4-2-6(8)3-5-7/h6-7H,2-5H2,1H3. The van der Waals surface area contributed by atoms with Gasteiger partial charge in [-0.05, 0) is 25.7 Å². The molecule has 0 bridgehead atoms. The predicted molar refractivity (Wildman–Crippen MR) is 44.2 cm³/mol. The smallest absolute Gasteiger partial charge is 0.252 e. The average Bonchev–Trinajstić information content (AvgIpc) is 2.09. The molecule has 0 heterocycles. The Morgan fingerprint density at radius 2 is 1.77 bits per heavy atom. The molecule has 13 heavy (non-hydrogen) atoms. The highest BCUT2D eigenvalue weighted by molar-refractivity contribution is 7.81. The molecule has 0 spiro atoms. The van der Waals surface area contributed by atoms with E-state index in [1.165, 1.54) is 0 Å². The van der Waals surface area contributed by atoms with Crippen molar-refractivity contribution >= 4 is 10.4 Å². The Kier molecular flexibility index (Phi) is 3.63. The highest BCUT2D eigenvalue weighted by atomic mass is 32.3.